The predicted molar refractivity (Wildman–Crippen MR) is 244 cm³/mol. The van der Waals surface area contributed by atoms with Crippen LogP contribution in [0.2, 0.25) is 0 Å². The van der Waals surface area contributed by atoms with E-state index in [0.29, 0.717) is 11.5 Å². The van der Waals surface area contributed by atoms with Crippen LogP contribution in [0.5, 0.6) is 0 Å². The topological polar surface area (TPSA) is 12.4 Å². The Bertz CT molecular complexity index is 2580. The second kappa shape index (κ2) is 16.7. The minimum Gasteiger partial charge on any atom is -0.248 e. The number of benzene rings is 6. The summed E-state index contributed by atoms with van der Waals surface area (Å²) in [5, 5.41) is 2.16. The number of allylic oxidation sites excluding steroid dienone is 4. The molecule has 0 atom stereocenters. The van der Waals surface area contributed by atoms with Crippen LogP contribution in [0.3, 0.4) is 0 Å². The number of nitrogens with zero attached hydrogens (tertiary/aromatic N) is 1. The summed E-state index contributed by atoms with van der Waals surface area (Å²) in [5.74, 6) is 0.210. The zero-order chi connectivity index (χ0) is 39.5. The van der Waals surface area contributed by atoms with Crippen molar-refractivity contribution in [2.24, 2.45) is 10.9 Å². The van der Waals surface area contributed by atoms with E-state index in [4.69, 9.17) is 4.99 Å². The molecule has 57 heavy (non-hydrogen) atoms. The van der Waals surface area contributed by atoms with Gasteiger partial charge in [0.1, 0.15) is 5.82 Å². The Kier molecular flexibility index (Phi) is 11.1. The maximum atomic E-state index is 16.5. The van der Waals surface area contributed by atoms with Crippen LogP contribution < -0.4 is 0 Å². The number of fused-ring (bicyclic) bond motifs is 6. The van der Waals surface area contributed by atoms with Gasteiger partial charge in [0.25, 0.3) is 0 Å². The summed E-state index contributed by atoms with van der Waals surface area (Å²) in [6, 6.07) is 39.9. The summed E-state index contributed by atoms with van der Waals surface area (Å²) in [4.78, 5) is 5.35. The highest BCUT2D eigenvalue weighted by molar-refractivity contribution is 6.19. The van der Waals surface area contributed by atoms with E-state index in [9.17, 15) is 0 Å². The van der Waals surface area contributed by atoms with Crippen LogP contribution in [0.25, 0.3) is 56.4 Å². The summed E-state index contributed by atoms with van der Waals surface area (Å²) >= 11 is 0. The summed E-state index contributed by atoms with van der Waals surface area (Å²) in [6.45, 7) is 13.1. The molecule has 0 N–H and O–H groups in total. The lowest BCUT2D eigenvalue weighted by Crippen LogP contribution is -2.10. The highest BCUT2D eigenvalue weighted by atomic mass is 19.1. The fourth-order valence-corrected chi connectivity index (χ4v) is 8.65. The van der Waals surface area contributed by atoms with Crippen molar-refractivity contribution in [2.75, 3.05) is 0 Å². The third kappa shape index (κ3) is 7.79. The Labute approximate surface area is 338 Å². The minimum atomic E-state index is -0.179. The molecule has 3 aliphatic carbocycles. The smallest absolute Gasteiger partial charge is 0.131 e. The molecule has 3 aliphatic rings. The standard InChI is InChI=1S/C52H44FN.C3H8/c1-33-22-23-41(47-31-48-44-20-12-10-18-42(44)43-19-11-13-21-45(43)49(48)32-50(47)53)30-46(33)34(2)51(39-26-27-39)52(54-35(3)36-14-6-4-7-15-36)40-28-24-38(25-29-40)37-16-8-5-9-17-37;1-3-2/h4-9,12-17,20-25,28-32,39H,3,10-11,18-19,26-27H2,1-2H3;3H2,1-2H3/b51-34+,54-52?;. The van der Waals surface area contributed by atoms with Crippen molar-refractivity contribution < 1.29 is 4.39 Å². The van der Waals surface area contributed by atoms with Crippen LogP contribution in [0, 0.1) is 18.7 Å². The summed E-state index contributed by atoms with van der Waals surface area (Å²) in [5.41, 5.74) is 17.7. The Morgan fingerprint density at radius 1 is 0.684 bits per heavy atom. The van der Waals surface area contributed by atoms with Crippen molar-refractivity contribution in [2.45, 2.75) is 72.6 Å². The number of hydrogen-bond donors (Lipinski definition) is 0. The quantitative estimate of drug-likeness (QED) is 0.138. The van der Waals surface area contributed by atoms with Crippen molar-refractivity contribution in [1.82, 2.24) is 0 Å². The van der Waals surface area contributed by atoms with Crippen LogP contribution in [0.4, 0.5) is 4.39 Å². The van der Waals surface area contributed by atoms with Crippen LogP contribution in [-0.2, 0) is 12.8 Å². The third-order valence-corrected chi connectivity index (χ3v) is 11.6. The van der Waals surface area contributed by atoms with E-state index in [2.05, 4.69) is 144 Å². The van der Waals surface area contributed by atoms with Gasteiger partial charge in [-0.15, -0.1) is 0 Å². The molecule has 284 valence electrons. The van der Waals surface area contributed by atoms with Gasteiger partial charge in [-0.3, -0.25) is 0 Å². The zero-order valence-corrected chi connectivity index (χ0v) is 33.8. The van der Waals surface area contributed by atoms with E-state index < -0.39 is 0 Å². The Morgan fingerprint density at radius 2 is 1.25 bits per heavy atom. The van der Waals surface area contributed by atoms with Gasteiger partial charge in [-0.25, -0.2) is 9.38 Å². The monoisotopic (exact) mass is 745 g/mol. The van der Waals surface area contributed by atoms with Gasteiger partial charge < -0.3 is 0 Å². The molecule has 0 spiro atoms. The molecule has 1 saturated carbocycles. The molecule has 0 unspecified atom stereocenters. The van der Waals surface area contributed by atoms with Gasteiger partial charge in [0.2, 0.25) is 0 Å². The van der Waals surface area contributed by atoms with Crippen molar-refractivity contribution >= 4 is 39.9 Å². The first-order chi connectivity index (χ1) is 27.9. The highest BCUT2D eigenvalue weighted by Crippen LogP contribution is 2.45. The molecule has 0 amide bonds. The second-order valence-electron chi connectivity index (χ2n) is 15.8. The van der Waals surface area contributed by atoms with Gasteiger partial charge in [-0.2, -0.15) is 0 Å². The predicted octanol–water partition coefficient (Wildman–Crippen LogP) is 15.3. The first-order valence-corrected chi connectivity index (χ1v) is 20.8. The van der Waals surface area contributed by atoms with E-state index in [1.54, 1.807) is 6.07 Å². The number of hydrogen-bond acceptors (Lipinski definition) is 1. The highest BCUT2D eigenvalue weighted by Gasteiger charge is 2.32. The molecule has 9 rings (SSSR count). The second-order valence-corrected chi connectivity index (χ2v) is 15.8. The zero-order valence-electron chi connectivity index (χ0n) is 33.8. The molecule has 0 aromatic heterocycles. The number of rotatable bonds is 8. The molecule has 0 heterocycles. The van der Waals surface area contributed by atoms with E-state index in [0.717, 1.165) is 88.5 Å². The van der Waals surface area contributed by atoms with Gasteiger partial charge in [-0.1, -0.05) is 148 Å². The lowest BCUT2D eigenvalue weighted by Gasteiger charge is -2.24. The number of aryl methyl sites for hydroxylation is 1. The van der Waals surface area contributed by atoms with Gasteiger partial charge in [-0.05, 0) is 154 Å². The summed E-state index contributed by atoms with van der Waals surface area (Å²) in [6.07, 6.45) is 16.6. The third-order valence-electron chi connectivity index (χ3n) is 11.6. The van der Waals surface area contributed by atoms with Crippen LogP contribution >= 0.6 is 0 Å². The molecular weight excluding hydrogens is 694 g/mol. The molecule has 1 fully saturated rings. The Morgan fingerprint density at radius 3 is 1.86 bits per heavy atom. The Balaban J connectivity index is 0.00000147. The average molecular weight is 746 g/mol. The summed E-state index contributed by atoms with van der Waals surface area (Å²) in [7, 11) is 0. The first-order valence-electron chi connectivity index (χ1n) is 20.8. The molecular formula is C55H52FN. The maximum absolute atomic E-state index is 16.5. The van der Waals surface area contributed by atoms with Crippen molar-refractivity contribution in [1.29, 1.82) is 0 Å². The number of aliphatic imine (C=N–C) groups is 1. The molecule has 0 radical (unpaired) electrons. The van der Waals surface area contributed by atoms with Crippen molar-refractivity contribution in [3.63, 3.8) is 0 Å². The van der Waals surface area contributed by atoms with Gasteiger partial charge in [0, 0.05) is 11.1 Å². The Hall–Kier alpha value is -5.86. The SMILES string of the molecule is C=C(N=C(/C(=C(\C)c1cc(-c2cc3c4c(c5c(c3cc2F)C=CCC5)CCC=C4)ccc1C)C1CC1)c1ccc(-c2ccccc2)cc1)c1ccccc1.CCC. The van der Waals surface area contributed by atoms with E-state index in [1.807, 2.05) is 24.3 Å². The molecule has 6 aromatic rings. The molecule has 1 nitrogen and oxygen atoms in total. The normalized spacial score (nSPS) is 15.0. The largest absolute Gasteiger partial charge is 0.248 e. The molecule has 6 aromatic carbocycles. The lowest BCUT2D eigenvalue weighted by atomic mass is 9.80. The van der Waals surface area contributed by atoms with Crippen molar-refractivity contribution in [3.05, 3.63) is 190 Å². The van der Waals surface area contributed by atoms with Crippen molar-refractivity contribution in [3.8, 4) is 22.3 Å². The van der Waals surface area contributed by atoms with Crippen LogP contribution in [-0.4, -0.2) is 5.71 Å². The fourth-order valence-electron chi connectivity index (χ4n) is 8.65. The fraction of sp³-hybridized carbons (Fsp3) is 0.218. The first kappa shape index (κ1) is 38.0. The van der Waals surface area contributed by atoms with E-state index in [-0.39, 0.29) is 5.82 Å². The maximum Gasteiger partial charge on any atom is 0.131 e. The number of halogens is 1. The minimum absolute atomic E-state index is 0.179. The summed E-state index contributed by atoms with van der Waals surface area (Å²) < 4.78 is 16.5. The van der Waals surface area contributed by atoms with Crippen LogP contribution in [0.15, 0.2) is 145 Å². The molecule has 0 bridgehead atoms. The van der Waals surface area contributed by atoms with E-state index in [1.165, 1.54) is 50.9 Å². The average Bonchev–Trinajstić information content (AvgIpc) is 4.10. The lowest BCUT2D eigenvalue weighted by molar-refractivity contribution is 0.633. The van der Waals surface area contributed by atoms with E-state index >= 15 is 4.39 Å². The molecule has 2 heteroatoms. The van der Waals surface area contributed by atoms with Gasteiger partial charge >= 0.3 is 0 Å². The molecule has 0 saturated heterocycles. The van der Waals surface area contributed by atoms with Gasteiger partial charge in [0.15, 0.2) is 0 Å². The van der Waals surface area contributed by atoms with Crippen LogP contribution in [0.1, 0.15) is 97.4 Å². The molecule has 0 aliphatic heterocycles. The van der Waals surface area contributed by atoms with Gasteiger partial charge in [0.05, 0.1) is 11.4 Å².